The highest BCUT2D eigenvalue weighted by Gasteiger charge is 2.34. The van der Waals surface area contributed by atoms with Crippen molar-refractivity contribution in [3.05, 3.63) is 71.0 Å². The zero-order valence-corrected chi connectivity index (χ0v) is 16.2. The van der Waals surface area contributed by atoms with Gasteiger partial charge in [0.1, 0.15) is 5.82 Å². The molecule has 3 rings (SSSR count). The molecule has 1 amide bonds. The number of hydrogen-bond donors (Lipinski definition) is 1. The van der Waals surface area contributed by atoms with Crippen LogP contribution in [0, 0.1) is 12.7 Å². The number of Topliss-reactive ketones (excluding diaryl/α,β-unsaturated/α-hetero) is 1. The van der Waals surface area contributed by atoms with Gasteiger partial charge in [-0.25, -0.2) is 4.39 Å². The highest BCUT2D eigenvalue weighted by atomic mass is 19.1. The van der Waals surface area contributed by atoms with E-state index in [1.54, 1.807) is 24.3 Å². The predicted octanol–water partition coefficient (Wildman–Crippen LogP) is 3.96. The van der Waals surface area contributed by atoms with Gasteiger partial charge in [0.2, 0.25) is 5.91 Å². The van der Waals surface area contributed by atoms with Crippen LogP contribution in [0.4, 0.5) is 4.39 Å². The number of carbonyl (C=O) groups is 2. The molecule has 5 heteroatoms. The first kappa shape index (κ1) is 20.2. The lowest BCUT2D eigenvalue weighted by atomic mass is 9.74. The lowest BCUT2D eigenvalue weighted by Gasteiger charge is -2.38. The molecule has 1 saturated heterocycles. The fourth-order valence-electron chi connectivity index (χ4n) is 3.60. The van der Waals surface area contributed by atoms with Crippen molar-refractivity contribution in [2.75, 3.05) is 19.8 Å². The summed E-state index contributed by atoms with van der Waals surface area (Å²) >= 11 is 0. The van der Waals surface area contributed by atoms with E-state index in [1.165, 1.54) is 12.1 Å². The van der Waals surface area contributed by atoms with E-state index in [2.05, 4.69) is 5.32 Å². The first-order valence-electron chi connectivity index (χ1n) is 9.69. The number of carbonyl (C=O) groups excluding carboxylic acids is 2. The van der Waals surface area contributed by atoms with E-state index < -0.39 is 0 Å². The Morgan fingerprint density at radius 1 is 1.00 bits per heavy atom. The van der Waals surface area contributed by atoms with Gasteiger partial charge < -0.3 is 10.1 Å². The van der Waals surface area contributed by atoms with E-state index in [1.807, 2.05) is 19.1 Å². The Bertz CT molecular complexity index is 809. The van der Waals surface area contributed by atoms with Gasteiger partial charge in [0, 0.05) is 43.6 Å². The Morgan fingerprint density at radius 3 is 2.29 bits per heavy atom. The number of hydrogen-bond acceptors (Lipinski definition) is 3. The third-order valence-corrected chi connectivity index (χ3v) is 5.48. The van der Waals surface area contributed by atoms with E-state index in [4.69, 9.17) is 4.74 Å². The largest absolute Gasteiger partial charge is 0.381 e. The summed E-state index contributed by atoms with van der Waals surface area (Å²) in [5, 5.41) is 2.98. The van der Waals surface area contributed by atoms with Crippen LogP contribution in [0.2, 0.25) is 0 Å². The summed E-state index contributed by atoms with van der Waals surface area (Å²) in [7, 11) is 0. The summed E-state index contributed by atoms with van der Waals surface area (Å²) in [5.41, 5.74) is 2.47. The van der Waals surface area contributed by atoms with Gasteiger partial charge in [0.25, 0.3) is 0 Å². The molecule has 0 bridgehead atoms. The van der Waals surface area contributed by atoms with Crippen LogP contribution in [0.3, 0.4) is 0 Å². The van der Waals surface area contributed by atoms with Crippen LogP contribution in [0.1, 0.15) is 47.2 Å². The van der Waals surface area contributed by atoms with Crippen LogP contribution < -0.4 is 5.32 Å². The van der Waals surface area contributed by atoms with Crippen molar-refractivity contribution >= 4 is 11.7 Å². The number of halogens is 1. The van der Waals surface area contributed by atoms with Crippen LogP contribution in [0.5, 0.6) is 0 Å². The van der Waals surface area contributed by atoms with Gasteiger partial charge in [-0.2, -0.15) is 0 Å². The maximum Gasteiger partial charge on any atom is 0.220 e. The second kappa shape index (κ2) is 9.11. The smallest absolute Gasteiger partial charge is 0.220 e. The molecule has 0 unspecified atom stereocenters. The summed E-state index contributed by atoms with van der Waals surface area (Å²) in [6.07, 6.45) is 1.87. The highest BCUT2D eigenvalue weighted by molar-refractivity contribution is 5.97. The van der Waals surface area contributed by atoms with E-state index in [9.17, 15) is 14.0 Å². The van der Waals surface area contributed by atoms with Gasteiger partial charge in [-0.3, -0.25) is 9.59 Å². The maximum atomic E-state index is 13.3. The lowest BCUT2D eigenvalue weighted by molar-refractivity contribution is -0.121. The van der Waals surface area contributed by atoms with E-state index in [-0.39, 0.29) is 35.8 Å². The molecule has 0 saturated carbocycles. The van der Waals surface area contributed by atoms with Crippen LogP contribution in [-0.4, -0.2) is 31.4 Å². The van der Waals surface area contributed by atoms with Crippen molar-refractivity contribution in [2.45, 2.75) is 38.0 Å². The minimum Gasteiger partial charge on any atom is -0.381 e. The average molecular weight is 383 g/mol. The number of ether oxygens (including phenoxy) is 1. The van der Waals surface area contributed by atoms with Gasteiger partial charge in [0.05, 0.1) is 0 Å². The zero-order valence-electron chi connectivity index (χ0n) is 16.2. The SMILES string of the molecule is Cc1ccc(C(=O)CCC(=O)NCC2(c3ccc(F)cc3)CCOCC2)cc1. The van der Waals surface area contributed by atoms with Gasteiger partial charge in [-0.1, -0.05) is 42.0 Å². The van der Waals surface area contributed by atoms with Crippen molar-refractivity contribution in [3.63, 3.8) is 0 Å². The average Bonchev–Trinajstić information content (AvgIpc) is 2.72. The highest BCUT2D eigenvalue weighted by Crippen LogP contribution is 2.34. The summed E-state index contributed by atoms with van der Waals surface area (Å²) in [6, 6.07) is 13.8. The lowest BCUT2D eigenvalue weighted by Crippen LogP contribution is -2.44. The van der Waals surface area contributed by atoms with Gasteiger partial charge in [0.15, 0.2) is 5.78 Å². The molecule has 4 nitrogen and oxygen atoms in total. The number of ketones is 1. The Kier molecular flexibility index (Phi) is 6.57. The number of amides is 1. The zero-order chi connectivity index (χ0) is 20.0. The standard InChI is InChI=1S/C23H26FNO3/c1-17-2-4-18(5-3-17)21(26)10-11-22(27)25-16-23(12-14-28-15-13-23)19-6-8-20(24)9-7-19/h2-9H,10-16H2,1H3,(H,25,27). The minimum atomic E-state index is -0.274. The molecular weight excluding hydrogens is 357 g/mol. The molecule has 2 aromatic carbocycles. The molecule has 0 atom stereocenters. The normalized spacial score (nSPS) is 15.8. The van der Waals surface area contributed by atoms with Crippen LogP contribution >= 0.6 is 0 Å². The van der Waals surface area contributed by atoms with Crippen molar-refractivity contribution < 1.29 is 18.7 Å². The molecule has 148 valence electrons. The maximum absolute atomic E-state index is 13.3. The molecule has 28 heavy (non-hydrogen) atoms. The number of aryl methyl sites for hydroxylation is 1. The first-order chi connectivity index (χ1) is 13.5. The topological polar surface area (TPSA) is 55.4 Å². The summed E-state index contributed by atoms with van der Waals surface area (Å²) in [4.78, 5) is 24.6. The third kappa shape index (κ3) is 5.04. The summed E-state index contributed by atoms with van der Waals surface area (Å²) in [5.74, 6) is -0.451. The Morgan fingerprint density at radius 2 is 1.64 bits per heavy atom. The van der Waals surface area contributed by atoms with Crippen molar-refractivity contribution in [1.29, 1.82) is 0 Å². The molecule has 1 heterocycles. The fourth-order valence-corrected chi connectivity index (χ4v) is 3.60. The van der Waals surface area contributed by atoms with Gasteiger partial charge in [-0.15, -0.1) is 0 Å². The summed E-state index contributed by atoms with van der Waals surface area (Å²) in [6.45, 7) is 3.65. The van der Waals surface area contributed by atoms with Crippen LogP contribution in [0.15, 0.2) is 48.5 Å². The Balaban J connectivity index is 1.57. The number of rotatable bonds is 7. The van der Waals surface area contributed by atoms with E-state index in [0.717, 1.165) is 24.0 Å². The monoisotopic (exact) mass is 383 g/mol. The fraction of sp³-hybridized carbons (Fsp3) is 0.391. The Hall–Kier alpha value is -2.53. The molecule has 2 aromatic rings. The van der Waals surface area contributed by atoms with E-state index >= 15 is 0 Å². The third-order valence-electron chi connectivity index (χ3n) is 5.48. The molecule has 1 fully saturated rings. The molecule has 1 aliphatic rings. The minimum absolute atomic E-state index is 0.0329. The second-order valence-corrected chi connectivity index (χ2v) is 7.47. The van der Waals surface area contributed by atoms with Crippen LogP contribution in [0.25, 0.3) is 0 Å². The summed E-state index contributed by atoms with van der Waals surface area (Å²) < 4.78 is 18.8. The molecule has 0 spiro atoms. The first-order valence-corrected chi connectivity index (χ1v) is 9.69. The number of benzene rings is 2. The van der Waals surface area contributed by atoms with Crippen molar-refractivity contribution in [3.8, 4) is 0 Å². The quantitative estimate of drug-likeness (QED) is 0.737. The molecule has 1 aliphatic heterocycles. The van der Waals surface area contributed by atoms with Gasteiger partial charge in [-0.05, 0) is 37.5 Å². The molecule has 0 radical (unpaired) electrons. The van der Waals surface area contributed by atoms with Crippen molar-refractivity contribution in [1.82, 2.24) is 5.32 Å². The van der Waals surface area contributed by atoms with E-state index in [0.29, 0.717) is 25.3 Å². The van der Waals surface area contributed by atoms with Crippen molar-refractivity contribution in [2.24, 2.45) is 0 Å². The van der Waals surface area contributed by atoms with Crippen LogP contribution in [-0.2, 0) is 14.9 Å². The molecule has 1 N–H and O–H groups in total. The van der Waals surface area contributed by atoms with Gasteiger partial charge >= 0.3 is 0 Å². The molecular formula is C23H26FNO3. The Labute approximate surface area is 165 Å². The number of nitrogens with one attached hydrogen (secondary N) is 1. The molecule has 0 aromatic heterocycles. The predicted molar refractivity (Wildman–Crippen MR) is 106 cm³/mol. The molecule has 0 aliphatic carbocycles. The second-order valence-electron chi connectivity index (χ2n) is 7.47.